The summed E-state index contributed by atoms with van der Waals surface area (Å²) in [5, 5.41) is 8.91. The van der Waals surface area contributed by atoms with Crippen molar-refractivity contribution < 1.29 is 28.7 Å². The molecule has 0 atom stereocenters. The van der Waals surface area contributed by atoms with E-state index in [1.54, 1.807) is 60.4 Å². The van der Waals surface area contributed by atoms with Crippen LogP contribution in [0.4, 0.5) is 10.7 Å². The minimum absolute atomic E-state index is 0.0351. The van der Waals surface area contributed by atoms with Crippen LogP contribution >= 0.6 is 23.1 Å². The summed E-state index contributed by atoms with van der Waals surface area (Å²) in [7, 11) is 0. The van der Waals surface area contributed by atoms with Crippen LogP contribution in [0.2, 0.25) is 0 Å². The van der Waals surface area contributed by atoms with E-state index < -0.39 is 17.8 Å². The van der Waals surface area contributed by atoms with E-state index in [4.69, 9.17) is 4.74 Å². The zero-order valence-corrected chi connectivity index (χ0v) is 29.0. The van der Waals surface area contributed by atoms with Crippen LogP contribution in [0.3, 0.4) is 0 Å². The molecular formula is C37H36N4O6S2. The van der Waals surface area contributed by atoms with Gasteiger partial charge in [0.25, 0.3) is 11.8 Å². The van der Waals surface area contributed by atoms with Crippen LogP contribution in [0.5, 0.6) is 0 Å². The number of ether oxygens (including phenoxy) is 1. The first kappa shape index (κ1) is 35.1. The van der Waals surface area contributed by atoms with Gasteiger partial charge in [-0.1, -0.05) is 48.5 Å². The number of nitrogens with one attached hydrogen (secondary N) is 3. The fourth-order valence-electron chi connectivity index (χ4n) is 5.20. The van der Waals surface area contributed by atoms with Gasteiger partial charge in [0.05, 0.1) is 24.5 Å². The van der Waals surface area contributed by atoms with Crippen molar-refractivity contribution in [3.8, 4) is 0 Å². The Morgan fingerprint density at radius 2 is 1.71 bits per heavy atom. The lowest BCUT2D eigenvalue weighted by Crippen LogP contribution is -2.34. The maximum absolute atomic E-state index is 13.5. The minimum atomic E-state index is -0.510. The Balaban J connectivity index is 1.27. The third kappa shape index (κ3) is 9.04. The van der Waals surface area contributed by atoms with E-state index in [9.17, 15) is 24.0 Å². The summed E-state index contributed by atoms with van der Waals surface area (Å²) in [6.45, 7) is 6.22. The zero-order valence-electron chi connectivity index (χ0n) is 27.3. The number of benzene rings is 3. The number of fused-ring (bicyclic) bond motifs is 1. The first-order valence-corrected chi connectivity index (χ1v) is 17.5. The van der Waals surface area contributed by atoms with E-state index in [-0.39, 0.29) is 29.9 Å². The smallest absolute Gasteiger partial charge is 0.341 e. The Kier molecular flexibility index (Phi) is 11.7. The van der Waals surface area contributed by atoms with E-state index >= 15 is 0 Å². The van der Waals surface area contributed by atoms with Crippen molar-refractivity contribution >= 4 is 69.5 Å². The summed E-state index contributed by atoms with van der Waals surface area (Å²) < 4.78 is 5.29. The van der Waals surface area contributed by atoms with Crippen molar-refractivity contribution in [2.75, 3.05) is 29.5 Å². The van der Waals surface area contributed by atoms with Gasteiger partial charge in [-0.25, -0.2) is 4.79 Å². The second kappa shape index (κ2) is 16.3. The first-order chi connectivity index (χ1) is 23.6. The lowest BCUT2D eigenvalue weighted by Gasteiger charge is -2.25. The van der Waals surface area contributed by atoms with E-state index in [2.05, 4.69) is 16.0 Å². The molecule has 1 aromatic heterocycles. The molecule has 4 aromatic rings. The molecule has 3 N–H and O–H groups in total. The Bertz CT molecular complexity index is 1920. The average molecular weight is 697 g/mol. The van der Waals surface area contributed by atoms with Crippen molar-refractivity contribution in [1.82, 2.24) is 10.2 Å². The number of nitrogens with zero attached hydrogens (tertiary/aromatic N) is 1. The highest BCUT2D eigenvalue weighted by Crippen LogP contribution is 2.38. The van der Waals surface area contributed by atoms with Crippen molar-refractivity contribution in [3.05, 3.63) is 117 Å². The van der Waals surface area contributed by atoms with Gasteiger partial charge in [-0.2, -0.15) is 0 Å². The Hall–Kier alpha value is -5.20. The predicted molar refractivity (Wildman–Crippen MR) is 193 cm³/mol. The number of carbonyl (C=O) groups excluding carboxylic acids is 5. The van der Waals surface area contributed by atoms with Crippen LogP contribution in [0.15, 0.2) is 89.5 Å². The largest absolute Gasteiger partial charge is 0.462 e. The number of aryl methyl sites for hydroxylation is 1. The van der Waals surface area contributed by atoms with Gasteiger partial charge in [0.1, 0.15) is 10.7 Å². The number of esters is 1. The number of carbonyl (C=O) groups is 5. The topological polar surface area (TPSA) is 134 Å². The summed E-state index contributed by atoms with van der Waals surface area (Å²) in [5.74, 6) is -1.76. The Morgan fingerprint density at radius 1 is 0.959 bits per heavy atom. The summed E-state index contributed by atoms with van der Waals surface area (Å²) in [5.41, 5.74) is 3.84. The molecule has 4 amide bonds. The maximum Gasteiger partial charge on any atom is 0.341 e. The molecule has 0 unspecified atom stereocenters. The second-order valence-electron chi connectivity index (χ2n) is 11.2. The number of anilines is 2. The van der Waals surface area contributed by atoms with Gasteiger partial charge < -0.3 is 25.6 Å². The van der Waals surface area contributed by atoms with Gasteiger partial charge in [-0.15, -0.1) is 23.1 Å². The minimum Gasteiger partial charge on any atom is -0.462 e. The van der Waals surface area contributed by atoms with Gasteiger partial charge in [0.15, 0.2) is 0 Å². The summed E-state index contributed by atoms with van der Waals surface area (Å²) in [6, 6.07) is 23.2. The molecule has 1 aliphatic heterocycles. The van der Waals surface area contributed by atoms with Gasteiger partial charge in [0, 0.05) is 34.5 Å². The van der Waals surface area contributed by atoms with Gasteiger partial charge in [-0.05, 0) is 73.4 Å². The molecule has 0 spiro atoms. The van der Waals surface area contributed by atoms with Crippen molar-refractivity contribution in [3.63, 3.8) is 0 Å². The molecular weight excluding hydrogens is 661 g/mol. The number of thioether (sulfide) groups is 1. The van der Waals surface area contributed by atoms with Crippen LogP contribution in [-0.2, 0) is 32.1 Å². The Labute approximate surface area is 292 Å². The van der Waals surface area contributed by atoms with E-state index in [1.165, 1.54) is 30.0 Å². The quantitative estimate of drug-likeness (QED) is 0.0956. The predicted octanol–water partition coefficient (Wildman–Crippen LogP) is 6.28. The summed E-state index contributed by atoms with van der Waals surface area (Å²) >= 11 is 2.55. The molecule has 0 aliphatic carbocycles. The van der Waals surface area contributed by atoms with Crippen LogP contribution in [0.25, 0.3) is 6.08 Å². The van der Waals surface area contributed by atoms with Crippen LogP contribution in [0, 0.1) is 6.92 Å². The van der Waals surface area contributed by atoms with Crippen molar-refractivity contribution in [2.24, 2.45) is 0 Å². The monoisotopic (exact) mass is 696 g/mol. The van der Waals surface area contributed by atoms with Gasteiger partial charge in [-0.3, -0.25) is 19.2 Å². The number of thiophene rings is 1. The van der Waals surface area contributed by atoms with E-state index in [0.717, 1.165) is 26.5 Å². The number of rotatable bonds is 11. The van der Waals surface area contributed by atoms with Gasteiger partial charge in [0.2, 0.25) is 11.8 Å². The first-order valence-electron chi connectivity index (χ1n) is 15.7. The maximum atomic E-state index is 13.5. The molecule has 2 heterocycles. The molecule has 0 radical (unpaired) electrons. The second-order valence-corrected chi connectivity index (χ2v) is 13.3. The SMILES string of the molecule is CCOC(=O)c1c(NC(=O)CSc2cccc(NC(=O)/C(=C/c3ccccc3C)NC(=O)c3ccccc3)c2)sc2c1CCN(C(C)=O)C2. The molecule has 0 saturated heterocycles. The lowest BCUT2D eigenvalue weighted by atomic mass is 10.0. The molecule has 1 aliphatic rings. The fourth-order valence-corrected chi connectivity index (χ4v) is 7.22. The molecule has 3 aromatic carbocycles. The average Bonchev–Trinajstić information content (AvgIpc) is 3.45. The Morgan fingerprint density at radius 3 is 2.45 bits per heavy atom. The molecule has 252 valence electrons. The van der Waals surface area contributed by atoms with Gasteiger partial charge >= 0.3 is 5.97 Å². The highest BCUT2D eigenvalue weighted by Gasteiger charge is 2.30. The summed E-state index contributed by atoms with van der Waals surface area (Å²) in [4.78, 5) is 67.8. The molecule has 49 heavy (non-hydrogen) atoms. The van der Waals surface area contributed by atoms with Crippen LogP contribution in [0.1, 0.15) is 56.1 Å². The van der Waals surface area contributed by atoms with Crippen molar-refractivity contribution in [2.45, 2.75) is 38.6 Å². The number of hydrogen-bond donors (Lipinski definition) is 3. The van der Waals surface area contributed by atoms with E-state index in [1.807, 2.05) is 43.3 Å². The van der Waals surface area contributed by atoms with Crippen LogP contribution in [-0.4, -0.2) is 53.4 Å². The lowest BCUT2D eigenvalue weighted by molar-refractivity contribution is -0.129. The molecule has 0 fully saturated rings. The molecule has 0 bridgehead atoms. The zero-order chi connectivity index (χ0) is 34.9. The molecule has 10 nitrogen and oxygen atoms in total. The third-order valence-corrected chi connectivity index (χ3v) is 9.84. The van der Waals surface area contributed by atoms with Crippen molar-refractivity contribution in [1.29, 1.82) is 0 Å². The van der Waals surface area contributed by atoms with Crippen LogP contribution < -0.4 is 16.0 Å². The normalized spacial score (nSPS) is 12.5. The number of amides is 4. The summed E-state index contributed by atoms with van der Waals surface area (Å²) in [6.07, 6.45) is 2.14. The molecule has 12 heteroatoms. The standard InChI is InChI=1S/C37H36N4O6S2/c1-4-47-37(46)33-29-17-18-41(24(3)42)21-31(29)49-36(33)40-32(43)22-48-28-16-10-15-27(20-28)38-35(45)30(19-26-14-9-8-11-23(26)2)39-34(44)25-12-6-5-7-13-25/h5-16,19-20H,4,17-18,21-22H2,1-3H3,(H,38,45)(H,39,44)(H,40,43)/b30-19-. The number of hydrogen-bond acceptors (Lipinski definition) is 8. The fraction of sp³-hybridized carbons (Fsp3) is 0.216. The molecule has 5 rings (SSSR count). The highest BCUT2D eigenvalue weighted by atomic mass is 32.2. The molecule has 0 saturated carbocycles. The van der Waals surface area contributed by atoms with E-state index in [0.29, 0.717) is 41.3 Å². The third-order valence-electron chi connectivity index (χ3n) is 7.71. The highest BCUT2D eigenvalue weighted by molar-refractivity contribution is 8.00.